The predicted octanol–water partition coefficient (Wildman–Crippen LogP) is 4.28. The van der Waals surface area contributed by atoms with Gasteiger partial charge < -0.3 is 24.4 Å². The fourth-order valence-corrected chi connectivity index (χ4v) is 5.80. The Morgan fingerprint density at radius 3 is 2.42 bits per heavy atom. The third-order valence-corrected chi connectivity index (χ3v) is 7.61. The van der Waals surface area contributed by atoms with E-state index in [9.17, 15) is 15.0 Å². The standard InChI is InChI=1S/C28H32N2O6/c1-17-11-26(31)30(27(17)32)23-13-25(35-3)24(34-2)12-20(23)28(33)36-16-21-19-9-10-22(21)29(15-19)14-18-7-5-4-6-8-18/h4-8,11-13,19,21-22,31-32H,9-10,14-16H2,1-3H3. The lowest BCUT2D eigenvalue weighted by Crippen LogP contribution is -2.33. The SMILES string of the molecule is COc1cc(C(=O)OCC2C3CCC2N(Cc2ccccc2)C3)c(-n2c(O)cc(C)c2O)cc1OC. The molecule has 3 atom stereocenters. The van der Waals surface area contributed by atoms with Crippen molar-refractivity contribution < 1.29 is 29.2 Å². The second kappa shape index (κ2) is 9.78. The van der Waals surface area contributed by atoms with Gasteiger partial charge in [0.05, 0.1) is 32.1 Å². The van der Waals surface area contributed by atoms with Crippen molar-refractivity contribution in [2.75, 3.05) is 27.4 Å². The summed E-state index contributed by atoms with van der Waals surface area (Å²) in [6.07, 6.45) is 2.25. The topological polar surface area (TPSA) is 93.4 Å². The maximum absolute atomic E-state index is 13.4. The lowest BCUT2D eigenvalue weighted by Gasteiger charge is -2.27. The van der Waals surface area contributed by atoms with Crippen molar-refractivity contribution in [3.8, 4) is 28.9 Å². The molecular weight excluding hydrogens is 460 g/mol. The number of piperidine rings is 1. The summed E-state index contributed by atoms with van der Waals surface area (Å²) in [4.78, 5) is 15.9. The molecule has 3 aromatic rings. The van der Waals surface area contributed by atoms with Crippen LogP contribution in [-0.4, -0.2) is 59.1 Å². The summed E-state index contributed by atoms with van der Waals surface area (Å²) in [7, 11) is 2.97. The minimum Gasteiger partial charge on any atom is -0.494 e. The van der Waals surface area contributed by atoms with E-state index in [0.717, 1.165) is 25.9 Å². The van der Waals surface area contributed by atoms with Crippen LogP contribution >= 0.6 is 0 Å². The maximum Gasteiger partial charge on any atom is 0.340 e. The van der Waals surface area contributed by atoms with Crippen LogP contribution in [0.5, 0.6) is 23.3 Å². The van der Waals surface area contributed by atoms with Crippen LogP contribution < -0.4 is 9.47 Å². The smallest absolute Gasteiger partial charge is 0.340 e. The first-order valence-electron chi connectivity index (χ1n) is 12.2. The molecule has 1 saturated heterocycles. The van der Waals surface area contributed by atoms with E-state index >= 15 is 0 Å². The Labute approximate surface area is 210 Å². The number of esters is 1. The van der Waals surface area contributed by atoms with Crippen LogP contribution in [0.4, 0.5) is 0 Å². The van der Waals surface area contributed by atoms with Crippen molar-refractivity contribution in [3.63, 3.8) is 0 Å². The molecule has 0 radical (unpaired) electrons. The van der Waals surface area contributed by atoms with Gasteiger partial charge in [-0.05, 0) is 31.2 Å². The first kappa shape index (κ1) is 24.1. The highest BCUT2D eigenvalue weighted by Gasteiger charge is 2.47. The largest absolute Gasteiger partial charge is 0.494 e. The average Bonchev–Trinajstić information content (AvgIpc) is 3.51. The molecule has 2 aliphatic rings. The van der Waals surface area contributed by atoms with Crippen LogP contribution in [0.3, 0.4) is 0 Å². The molecule has 1 aliphatic carbocycles. The van der Waals surface area contributed by atoms with Gasteiger partial charge in [-0.1, -0.05) is 30.3 Å². The molecule has 2 heterocycles. The van der Waals surface area contributed by atoms with Gasteiger partial charge in [-0.2, -0.15) is 0 Å². The number of fused-ring (bicyclic) bond motifs is 2. The van der Waals surface area contributed by atoms with Crippen molar-refractivity contribution in [1.29, 1.82) is 0 Å². The number of aromatic nitrogens is 1. The van der Waals surface area contributed by atoms with Gasteiger partial charge in [0.15, 0.2) is 17.4 Å². The number of benzene rings is 2. The molecule has 2 bridgehead atoms. The maximum atomic E-state index is 13.4. The molecule has 2 aromatic carbocycles. The summed E-state index contributed by atoms with van der Waals surface area (Å²) in [6, 6.07) is 15.3. The van der Waals surface area contributed by atoms with E-state index in [1.807, 2.05) is 6.07 Å². The molecule has 1 aliphatic heterocycles. The lowest BCUT2D eigenvalue weighted by atomic mass is 9.99. The van der Waals surface area contributed by atoms with Gasteiger partial charge in [0.25, 0.3) is 0 Å². The van der Waals surface area contributed by atoms with E-state index in [2.05, 4.69) is 29.2 Å². The number of methoxy groups -OCH3 is 2. The van der Waals surface area contributed by atoms with Crippen molar-refractivity contribution in [1.82, 2.24) is 9.47 Å². The molecule has 36 heavy (non-hydrogen) atoms. The first-order chi connectivity index (χ1) is 17.4. The number of aryl methyl sites for hydroxylation is 1. The summed E-state index contributed by atoms with van der Waals surface area (Å²) in [6.45, 7) is 3.89. The molecule has 8 nitrogen and oxygen atoms in total. The average molecular weight is 493 g/mol. The zero-order valence-electron chi connectivity index (χ0n) is 20.8. The number of nitrogens with zero attached hydrogens (tertiary/aromatic N) is 2. The summed E-state index contributed by atoms with van der Waals surface area (Å²) in [5.41, 5.74) is 2.18. The van der Waals surface area contributed by atoms with Gasteiger partial charge in [0.2, 0.25) is 5.88 Å². The molecule has 0 spiro atoms. The molecule has 2 fully saturated rings. The van der Waals surface area contributed by atoms with Gasteiger partial charge in [-0.15, -0.1) is 0 Å². The van der Waals surface area contributed by atoms with Crippen LogP contribution in [0, 0.1) is 18.8 Å². The normalized spacial score (nSPS) is 21.0. The lowest BCUT2D eigenvalue weighted by molar-refractivity contribution is 0.0408. The number of hydrogen-bond acceptors (Lipinski definition) is 7. The van der Waals surface area contributed by atoms with E-state index in [1.165, 1.54) is 36.5 Å². The highest BCUT2D eigenvalue weighted by Crippen LogP contribution is 2.44. The summed E-state index contributed by atoms with van der Waals surface area (Å²) >= 11 is 0. The Kier molecular flexibility index (Phi) is 6.53. The predicted molar refractivity (Wildman–Crippen MR) is 134 cm³/mol. The molecule has 0 amide bonds. The zero-order valence-corrected chi connectivity index (χ0v) is 20.8. The van der Waals surface area contributed by atoms with Crippen molar-refractivity contribution in [2.45, 2.75) is 32.4 Å². The fourth-order valence-electron chi connectivity index (χ4n) is 5.80. The Morgan fingerprint density at radius 1 is 1.03 bits per heavy atom. The highest BCUT2D eigenvalue weighted by atomic mass is 16.5. The summed E-state index contributed by atoms with van der Waals surface area (Å²) < 4.78 is 17.9. The number of rotatable bonds is 8. The second-order valence-electron chi connectivity index (χ2n) is 9.65. The Hall–Kier alpha value is -3.65. The third kappa shape index (κ3) is 4.26. The van der Waals surface area contributed by atoms with E-state index < -0.39 is 5.97 Å². The van der Waals surface area contributed by atoms with Crippen LogP contribution in [0.2, 0.25) is 0 Å². The molecular formula is C28H32N2O6. The van der Waals surface area contributed by atoms with E-state index in [0.29, 0.717) is 35.6 Å². The Balaban J connectivity index is 1.37. The molecule has 5 rings (SSSR count). The second-order valence-corrected chi connectivity index (χ2v) is 9.65. The number of likely N-dealkylation sites (tertiary alicyclic amines) is 1. The first-order valence-corrected chi connectivity index (χ1v) is 12.2. The van der Waals surface area contributed by atoms with E-state index in [-0.39, 0.29) is 28.9 Å². The van der Waals surface area contributed by atoms with Gasteiger partial charge in [0, 0.05) is 48.8 Å². The minimum atomic E-state index is -0.544. The van der Waals surface area contributed by atoms with Gasteiger partial charge >= 0.3 is 5.97 Å². The van der Waals surface area contributed by atoms with Crippen LogP contribution in [0.15, 0.2) is 48.5 Å². The minimum absolute atomic E-state index is 0.167. The van der Waals surface area contributed by atoms with Crippen LogP contribution in [-0.2, 0) is 11.3 Å². The number of carbonyl (C=O) groups is 1. The highest BCUT2D eigenvalue weighted by molar-refractivity contribution is 5.95. The van der Waals surface area contributed by atoms with Crippen molar-refractivity contribution in [2.24, 2.45) is 11.8 Å². The number of carbonyl (C=O) groups excluding carboxylic acids is 1. The molecule has 8 heteroatoms. The fraction of sp³-hybridized carbons (Fsp3) is 0.393. The molecule has 1 saturated carbocycles. The van der Waals surface area contributed by atoms with Crippen LogP contribution in [0.1, 0.15) is 34.3 Å². The van der Waals surface area contributed by atoms with Crippen molar-refractivity contribution >= 4 is 5.97 Å². The summed E-state index contributed by atoms with van der Waals surface area (Å²) in [5.74, 6) is 0.576. The van der Waals surface area contributed by atoms with Crippen LogP contribution in [0.25, 0.3) is 5.69 Å². The third-order valence-electron chi connectivity index (χ3n) is 7.61. The molecule has 1 aromatic heterocycles. The number of aromatic hydroxyl groups is 2. The molecule has 2 N–H and O–H groups in total. The number of ether oxygens (including phenoxy) is 3. The quantitative estimate of drug-likeness (QED) is 0.453. The zero-order chi connectivity index (χ0) is 25.4. The Bertz CT molecular complexity index is 1250. The summed E-state index contributed by atoms with van der Waals surface area (Å²) in [5, 5.41) is 21.0. The van der Waals surface area contributed by atoms with Crippen molar-refractivity contribution in [3.05, 3.63) is 65.2 Å². The molecule has 3 unspecified atom stereocenters. The molecule has 190 valence electrons. The van der Waals surface area contributed by atoms with E-state index in [4.69, 9.17) is 14.2 Å². The van der Waals surface area contributed by atoms with Gasteiger partial charge in [-0.25, -0.2) is 4.79 Å². The number of hydrogen-bond donors (Lipinski definition) is 2. The van der Waals surface area contributed by atoms with Gasteiger partial charge in [0.1, 0.15) is 0 Å². The monoisotopic (exact) mass is 492 g/mol. The van der Waals surface area contributed by atoms with E-state index in [1.54, 1.807) is 13.0 Å². The Morgan fingerprint density at radius 2 is 1.75 bits per heavy atom. The van der Waals surface area contributed by atoms with Gasteiger partial charge in [-0.3, -0.25) is 9.47 Å².